The predicted molar refractivity (Wildman–Crippen MR) is 128 cm³/mol. The summed E-state index contributed by atoms with van der Waals surface area (Å²) in [5, 5.41) is 9.22. The Hall–Kier alpha value is -3.13. The first-order valence-electron chi connectivity index (χ1n) is 11.0. The highest BCUT2D eigenvalue weighted by Crippen LogP contribution is 2.21. The fraction of sp³-hybridized carbons (Fsp3) is 0.458. The number of pyridine rings is 1. The van der Waals surface area contributed by atoms with Gasteiger partial charge in [0, 0.05) is 51.4 Å². The number of aliphatic imine (C=N–C) groups is 1. The summed E-state index contributed by atoms with van der Waals surface area (Å²) in [4.78, 5) is 21.0. The van der Waals surface area contributed by atoms with Crippen molar-refractivity contribution in [1.82, 2.24) is 15.6 Å². The Balaban J connectivity index is 1.89. The molecule has 0 unspecified atom stereocenters. The van der Waals surface area contributed by atoms with Crippen molar-refractivity contribution in [2.24, 2.45) is 4.99 Å². The van der Waals surface area contributed by atoms with Crippen LogP contribution >= 0.6 is 0 Å². The number of benzene rings is 1. The van der Waals surface area contributed by atoms with Gasteiger partial charge in [-0.05, 0) is 44.0 Å². The van der Waals surface area contributed by atoms with Crippen LogP contribution in [0.4, 0.5) is 5.82 Å². The van der Waals surface area contributed by atoms with Gasteiger partial charge in [0.2, 0.25) is 5.91 Å². The van der Waals surface area contributed by atoms with E-state index in [0.29, 0.717) is 44.5 Å². The van der Waals surface area contributed by atoms with Gasteiger partial charge < -0.3 is 25.4 Å². The summed E-state index contributed by atoms with van der Waals surface area (Å²) in [5.41, 5.74) is 3.19. The Labute approximate surface area is 190 Å². The number of methoxy groups -OCH3 is 1. The molecular weight excluding hydrogens is 406 g/mol. The fourth-order valence-electron chi connectivity index (χ4n) is 2.86. The number of aryl methyl sites for hydroxylation is 2. The molecule has 32 heavy (non-hydrogen) atoms. The van der Waals surface area contributed by atoms with Gasteiger partial charge in [-0.15, -0.1) is 0 Å². The number of hydrogen-bond acceptors (Lipinski definition) is 5. The normalized spacial score (nSPS) is 11.2. The second kappa shape index (κ2) is 14.0. The minimum atomic E-state index is -0.102. The molecule has 0 aliphatic heterocycles. The summed E-state index contributed by atoms with van der Waals surface area (Å²) < 4.78 is 11.0. The van der Waals surface area contributed by atoms with Crippen LogP contribution < -0.4 is 20.7 Å². The van der Waals surface area contributed by atoms with E-state index < -0.39 is 0 Å². The average molecular weight is 442 g/mol. The number of rotatable bonds is 12. The number of carbonyl (C=O) groups excluding carboxylic acids is 1. The molecule has 1 heterocycles. The third-order valence-electron chi connectivity index (χ3n) is 4.55. The summed E-state index contributed by atoms with van der Waals surface area (Å²) in [6, 6.07) is 9.83. The minimum absolute atomic E-state index is 0.102. The third-order valence-corrected chi connectivity index (χ3v) is 4.55. The van der Waals surface area contributed by atoms with Crippen molar-refractivity contribution in [1.29, 1.82) is 0 Å². The number of aromatic nitrogens is 1. The Morgan fingerprint density at radius 2 is 1.91 bits per heavy atom. The Morgan fingerprint density at radius 3 is 2.62 bits per heavy atom. The molecule has 1 amide bonds. The summed E-state index contributed by atoms with van der Waals surface area (Å²) in [6.45, 7) is 8.91. The van der Waals surface area contributed by atoms with Crippen LogP contribution in [0, 0.1) is 13.8 Å². The van der Waals surface area contributed by atoms with E-state index in [-0.39, 0.29) is 5.91 Å². The Bertz CT molecular complexity index is 868. The Morgan fingerprint density at radius 1 is 1.09 bits per heavy atom. The van der Waals surface area contributed by atoms with Crippen LogP contribution in [-0.2, 0) is 16.1 Å². The molecule has 0 spiro atoms. The molecule has 0 aliphatic rings. The van der Waals surface area contributed by atoms with Gasteiger partial charge in [0.15, 0.2) is 5.96 Å². The molecule has 3 N–H and O–H groups in total. The lowest BCUT2D eigenvalue weighted by atomic mass is 10.1. The van der Waals surface area contributed by atoms with Crippen molar-refractivity contribution < 1.29 is 14.3 Å². The molecule has 8 heteroatoms. The molecule has 0 atom stereocenters. The fourth-order valence-corrected chi connectivity index (χ4v) is 2.86. The first-order valence-corrected chi connectivity index (χ1v) is 11.0. The van der Waals surface area contributed by atoms with Crippen LogP contribution in [0.3, 0.4) is 0 Å². The number of nitrogens with one attached hydrogen (secondary N) is 3. The lowest BCUT2D eigenvalue weighted by Crippen LogP contribution is -2.38. The first kappa shape index (κ1) is 25.1. The molecule has 2 aromatic rings. The topological polar surface area (TPSA) is 96.9 Å². The number of nitrogens with zero attached hydrogens (tertiary/aromatic N) is 2. The maximum atomic E-state index is 12.2. The maximum Gasteiger partial charge on any atom is 0.227 e. The third kappa shape index (κ3) is 9.34. The van der Waals surface area contributed by atoms with E-state index in [9.17, 15) is 4.79 Å². The van der Waals surface area contributed by atoms with E-state index in [0.717, 1.165) is 35.4 Å². The lowest BCUT2D eigenvalue weighted by molar-refractivity contribution is -0.116. The monoisotopic (exact) mass is 441 g/mol. The number of ether oxygens (including phenoxy) is 2. The van der Waals surface area contributed by atoms with Gasteiger partial charge in [-0.2, -0.15) is 0 Å². The number of anilines is 1. The van der Waals surface area contributed by atoms with Gasteiger partial charge in [-0.3, -0.25) is 4.79 Å². The van der Waals surface area contributed by atoms with Crippen LogP contribution in [0.15, 0.2) is 41.5 Å². The maximum absolute atomic E-state index is 12.2. The zero-order chi connectivity index (χ0) is 23.2. The molecule has 0 aliphatic carbocycles. The minimum Gasteiger partial charge on any atom is -0.493 e. The van der Waals surface area contributed by atoms with Crippen molar-refractivity contribution in [3.05, 3.63) is 53.2 Å². The molecule has 8 nitrogen and oxygen atoms in total. The van der Waals surface area contributed by atoms with Gasteiger partial charge in [0.05, 0.1) is 13.2 Å². The number of carbonyl (C=O) groups is 1. The highest BCUT2D eigenvalue weighted by atomic mass is 16.5. The summed E-state index contributed by atoms with van der Waals surface area (Å²) >= 11 is 0. The van der Waals surface area contributed by atoms with E-state index in [4.69, 9.17) is 9.47 Å². The van der Waals surface area contributed by atoms with Gasteiger partial charge >= 0.3 is 0 Å². The van der Waals surface area contributed by atoms with Crippen LogP contribution in [0.2, 0.25) is 0 Å². The molecule has 0 saturated carbocycles. The largest absolute Gasteiger partial charge is 0.493 e. The summed E-state index contributed by atoms with van der Waals surface area (Å²) in [6.07, 6.45) is 2.86. The zero-order valence-corrected chi connectivity index (χ0v) is 19.5. The van der Waals surface area contributed by atoms with Crippen LogP contribution in [0.5, 0.6) is 5.75 Å². The van der Waals surface area contributed by atoms with E-state index in [1.165, 1.54) is 0 Å². The first-order chi connectivity index (χ1) is 15.5. The standard InChI is InChI=1S/C24H35N5O3/c1-5-25-24(26-12-11-23(30)29-22-10-8-19(3)16-27-22)28-17-20-9-7-18(2)15-21(20)32-14-6-13-31-4/h7-10,15-16H,5-6,11-14,17H2,1-4H3,(H2,25,26,28)(H,27,29,30). The summed E-state index contributed by atoms with van der Waals surface area (Å²) in [5.74, 6) is 1.94. The van der Waals surface area contributed by atoms with Crippen molar-refractivity contribution in [3.8, 4) is 5.75 Å². The SMILES string of the molecule is CCNC(=NCc1ccc(C)cc1OCCCOC)NCCC(=O)Nc1ccc(C)cn1. The smallest absolute Gasteiger partial charge is 0.227 e. The van der Waals surface area contributed by atoms with Gasteiger partial charge in [0.1, 0.15) is 11.6 Å². The van der Waals surface area contributed by atoms with E-state index in [2.05, 4.69) is 32.0 Å². The number of guanidine groups is 1. The van der Waals surface area contributed by atoms with Gasteiger partial charge in [0.25, 0.3) is 0 Å². The molecule has 0 fully saturated rings. The molecule has 1 aromatic carbocycles. The van der Waals surface area contributed by atoms with E-state index in [1.807, 2.05) is 39.0 Å². The molecular formula is C24H35N5O3. The number of amides is 1. The van der Waals surface area contributed by atoms with Crippen LogP contribution in [-0.4, -0.2) is 50.3 Å². The predicted octanol–water partition coefficient (Wildman–Crippen LogP) is 3.20. The molecule has 0 bridgehead atoms. The second-order valence-electron chi connectivity index (χ2n) is 7.45. The van der Waals surface area contributed by atoms with Gasteiger partial charge in [-0.25, -0.2) is 9.98 Å². The number of hydrogen-bond donors (Lipinski definition) is 3. The van der Waals surface area contributed by atoms with Crippen molar-refractivity contribution in [2.45, 2.75) is 40.2 Å². The zero-order valence-electron chi connectivity index (χ0n) is 19.5. The Kier molecular flexibility index (Phi) is 11.0. The quantitative estimate of drug-likeness (QED) is 0.266. The molecule has 174 valence electrons. The van der Waals surface area contributed by atoms with Crippen molar-refractivity contribution >= 4 is 17.7 Å². The van der Waals surface area contributed by atoms with E-state index >= 15 is 0 Å². The van der Waals surface area contributed by atoms with E-state index in [1.54, 1.807) is 19.4 Å². The van der Waals surface area contributed by atoms with Gasteiger partial charge in [-0.1, -0.05) is 18.2 Å². The van der Waals surface area contributed by atoms with Crippen molar-refractivity contribution in [3.63, 3.8) is 0 Å². The molecule has 0 radical (unpaired) electrons. The lowest BCUT2D eigenvalue weighted by Gasteiger charge is -2.14. The van der Waals surface area contributed by atoms with Crippen molar-refractivity contribution in [2.75, 3.05) is 38.7 Å². The highest BCUT2D eigenvalue weighted by molar-refractivity contribution is 5.90. The average Bonchev–Trinajstić information content (AvgIpc) is 2.77. The second-order valence-corrected chi connectivity index (χ2v) is 7.45. The highest BCUT2D eigenvalue weighted by Gasteiger charge is 2.07. The van der Waals surface area contributed by atoms with Crippen LogP contribution in [0.25, 0.3) is 0 Å². The molecule has 1 aromatic heterocycles. The molecule has 0 saturated heterocycles. The molecule has 2 rings (SSSR count). The summed E-state index contributed by atoms with van der Waals surface area (Å²) in [7, 11) is 1.69. The van der Waals surface area contributed by atoms with Crippen LogP contribution in [0.1, 0.15) is 36.5 Å².